The quantitative estimate of drug-likeness (QED) is 0.795. The molecule has 1 amide bonds. The zero-order valence-corrected chi connectivity index (χ0v) is 12.3. The van der Waals surface area contributed by atoms with Gasteiger partial charge in [0.1, 0.15) is 0 Å². The molecule has 110 valence electrons. The maximum Gasteiger partial charge on any atom is 0.239 e. The number of nitrogens with zero attached hydrogens (tertiary/aromatic N) is 2. The van der Waals surface area contributed by atoms with E-state index in [1.807, 2.05) is 0 Å². The molecular formula is C15H29N3O. The minimum absolute atomic E-state index is 0.0370. The van der Waals surface area contributed by atoms with Crippen molar-refractivity contribution >= 4 is 5.91 Å². The van der Waals surface area contributed by atoms with Crippen molar-refractivity contribution in [3.63, 3.8) is 0 Å². The molecule has 4 heteroatoms. The predicted molar refractivity (Wildman–Crippen MR) is 77.9 cm³/mol. The Balaban J connectivity index is 1.92. The van der Waals surface area contributed by atoms with Crippen LogP contribution in [0.3, 0.4) is 0 Å². The summed E-state index contributed by atoms with van der Waals surface area (Å²) in [4.78, 5) is 17.1. The van der Waals surface area contributed by atoms with Crippen LogP contribution in [0, 0.1) is 0 Å². The smallest absolute Gasteiger partial charge is 0.239 e. The molecule has 2 rings (SSSR count). The Bertz CT molecular complexity index is 285. The average molecular weight is 267 g/mol. The minimum atomic E-state index is 0.0370. The molecule has 1 atom stereocenters. The first-order valence-electron chi connectivity index (χ1n) is 7.98. The van der Waals surface area contributed by atoms with Gasteiger partial charge in [-0.25, -0.2) is 0 Å². The highest BCUT2D eigenvalue weighted by Crippen LogP contribution is 2.27. The Labute approximate surface area is 117 Å². The van der Waals surface area contributed by atoms with Crippen molar-refractivity contribution < 1.29 is 4.79 Å². The predicted octanol–water partition coefficient (Wildman–Crippen LogP) is 1.59. The molecule has 0 aromatic heterocycles. The van der Waals surface area contributed by atoms with Gasteiger partial charge in [0, 0.05) is 25.7 Å². The van der Waals surface area contributed by atoms with Gasteiger partial charge in [-0.1, -0.05) is 6.42 Å². The van der Waals surface area contributed by atoms with Gasteiger partial charge >= 0.3 is 0 Å². The van der Waals surface area contributed by atoms with Gasteiger partial charge in [-0.2, -0.15) is 0 Å². The number of hydrogen-bond donors (Lipinski definition) is 1. The second-order valence-corrected chi connectivity index (χ2v) is 6.03. The van der Waals surface area contributed by atoms with Crippen LogP contribution in [0.5, 0.6) is 0 Å². The summed E-state index contributed by atoms with van der Waals surface area (Å²) in [6.45, 7) is 5.69. The van der Waals surface area contributed by atoms with Gasteiger partial charge in [-0.15, -0.1) is 0 Å². The van der Waals surface area contributed by atoms with E-state index in [0.29, 0.717) is 18.5 Å². The van der Waals surface area contributed by atoms with Gasteiger partial charge in [0.15, 0.2) is 0 Å². The molecule has 2 fully saturated rings. The Morgan fingerprint density at radius 2 is 1.95 bits per heavy atom. The monoisotopic (exact) mass is 267 g/mol. The van der Waals surface area contributed by atoms with Crippen molar-refractivity contribution in [1.29, 1.82) is 0 Å². The largest absolute Gasteiger partial charge is 0.341 e. The molecule has 0 spiro atoms. The maximum atomic E-state index is 12.6. The van der Waals surface area contributed by atoms with Gasteiger partial charge in [-0.05, 0) is 52.0 Å². The number of rotatable bonds is 6. The molecule has 0 radical (unpaired) electrons. The highest BCUT2D eigenvalue weighted by molar-refractivity contribution is 5.81. The third-order valence-electron chi connectivity index (χ3n) is 4.69. The summed E-state index contributed by atoms with van der Waals surface area (Å²) in [5.74, 6) is 0.337. The molecule has 2 aliphatic rings. The van der Waals surface area contributed by atoms with Gasteiger partial charge in [-0.3, -0.25) is 9.69 Å². The van der Waals surface area contributed by atoms with Crippen molar-refractivity contribution in [3.05, 3.63) is 0 Å². The van der Waals surface area contributed by atoms with Crippen molar-refractivity contribution in [2.75, 3.05) is 26.2 Å². The molecule has 2 N–H and O–H groups in total. The van der Waals surface area contributed by atoms with Gasteiger partial charge in [0.25, 0.3) is 0 Å². The number of piperidine rings is 1. The molecule has 0 bridgehead atoms. The number of likely N-dealkylation sites (tertiary alicyclic amines) is 1. The van der Waals surface area contributed by atoms with E-state index >= 15 is 0 Å². The second kappa shape index (κ2) is 7.25. The van der Waals surface area contributed by atoms with Crippen molar-refractivity contribution in [1.82, 2.24) is 9.80 Å². The van der Waals surface area contributed by atoms with Crippen LogP contribution in [0.1, 0.15) is 51.9 Å². The van der Waals surface area contributed by atoms with Crippen LogP contribution < -0.4 is 5.73 Å². The SMILES string of the molecule is CC(C(=O)N1CCCCC1)N(CCCN)C1CCC1. The summed E-state index contributed by atoms with van der Waals surface area (Å²) < 4.78 is 0. The van der Waals surface area contributed by atoms with E-state index in [2.05, 4.69) is 16.7 Å². The molecule has 1 unspecified atom stereocenters. The lowest BCUT2D eigenvalue weighted by Crippen LogP contribution is -2.54. The zero-order valence-electron chi connectivity index (χ0n) is 12.3. The van der Waals surface area contributed by atoms with Crippen LogP contribution in [0.4, 0.5) is 0 Å². The fourth-order valence-electron chi connectivity index (χ4n) is 3.21. The first kappa shape index (κ1) is 14.8. The first-order chi connectivity index (χ1) is 9.24. The van der Waals surface area contributed by atoms with Crippen LogP contribution in [0.15, 0.2) is 0 Å². The third-order valence-corrected chi connectivity index (χ3v) is 4.69. The Hall–Kier alpha value is -0.610. The highest BCUT2D eigenvalue weighted by Gasteiger charge is 2.33. The fourth-order valence-corrected chi connectivity index (χ4v) is 3.21. The molecule has 0 aromatic carbocycles. The van der Waals surface area contributed by atoms with E-state index in [4.69, 9.17) is 5.73 Å². The summed E-state index contributed by atoms with van der Waals surface area (Å²) in [6, 6.07) is 0.658. The summed E-state index contributed by atoms with van der Waals surface area (Å²) in [5.41, 5.74) is 5.63. The number of carbonyl (C=O) groups is 1. The van der Waals surface area contributed by atoms with Gasteiger partial charge in [0.05, 0.1) is 6.04 Å². The van der Waals surface area contributed by atoms with E-state index in [1.165, 1.54) is 38.5 Å². The van der Waals surface area contributed by atoms with Crippen molar-refractivity contribution in [2.24, 2.45) is 5.73 Å². The van der Waals surface area contributed by atoms with E-state index in [-0.39, 0.29) is 6.04 Å². The Kier molecular flexibility index (Phi) is 5.64. The molecule has 19 heavy (non-hydrogen) atoms. The average Bonchev–Trinajstić information content (AvgIpc) is 2.40. The minimum Gasteiger partial charge on any atom is -0.341 e. The van der Waals surface area contributed by atoms with E-state index in [9.17, 15) is 4.79 Å². The normalized spacial score (nSPS) is 22.4. The molecule has 1 aliphatic carbocycles. The maximum absolute atomic E-state index is 12.6. The lowest BCUT2D eigenvalue weighted by Gasteiger charge is -2.42. The number of amides is 1. The third kappa shape index (κ3) is 3.69. The lowest BCUT2D eigenvalue weighted by atomic mass is 9.90. The molecule has 1 aliphatic heterocycles. The van der Waals surface area contributed by atoms with Crippen LogP contribution in [-0.2, 0) is 4.79 Å². The lowest BCUT2D eigenvalue weighted by molar-refractivity contribution is -0.139. The Morgan fingerprint density at radius 3 is 2.47 bits per heavy atom. The van der Waals surface area contributed by atoms with Gasteiger partial charge < -0.3 is 10.6 Å². The van der Waals surface area contributed by atoms with Crippen LogP contribution in [0.25, 0.3) is 0 Å². The summed E-state index contributed by atoms with van der Waals surface area (Å²) in [7, 11) is 0. The molecule has 1 heterocycles. The second-order valence-electron chi connectivity index (χ2n) is 6.03. The van der Waals surface area contributed by atoms with E-state index < -0.39 is 0 Å². The number of hydrogen-bond acceptors (Lipinski definition) is 3. The standard InChI is InChI=1S/C15H29N3O/c1-13(15(19)17-10-3-2-4-11-17)18(12-6-9-16)14-7-5-8-14/h13-14H,2-12,16H2,1H3. The molecule has 1 saturated heterocycles. The summed E-state index contributed by atoms with van der Waals surface area (Å²) in [5, 5.41) is 0. The summed E-state index contributed by atoms with van der Waals surface area (Å²) in [6.07, 6.45) is 8.43. The summed E-state index contributed by atoms with van der Waals surface area (Å²) >= 11 is 0. The number of carbonyl (C=O) groups excluding carboxylic acids is 1. The Morgan fingerprint density at radius 1 is 1.26 bits per heavy atom. The van der Waals surface area contributed by atoms with E-state index in [1.54, 1.807) is 0 Å². The van der Waals surface area contributed by atoms with Crippen LogP contribution in [0.2, 0.25) is 0 Å². The van der Waals surface area contributed by atoms with Crippen LogP contribution in [-0.4, -0.2) is 54.0 Å². The van der Waals surface area contributed by atoms with Crippen LogP contribution >= 0.6 is 0 Å². The topological polar surface area (TPSA) is 49.6 Å². The van der Waals surface area contributed by atoms with Gasteiger partial charge in [0.2, 0.25) is 5.91 Å². The van der Waals surface area contributed by atoms with E-state index in [0.717, 1.165) is 26.1 Å². The van der Waals surface area contributed by atoms with Crippen molar-refractivity contribution in [3.8, 4) is 0 Å². The molecule has 0 aromatic rings. The zero-order chi connectivity index (χ0) is 13.7. The fraction of sp³-hybridized carbons (Fsp3) is 0.933. The molecule has 4 nitrogen and oxygen atoms in total. The number of nitrogens with two attached hydrogens (primary N) is 1. The van der Waals surface area contributed by atoms with Crippen molar-refractivity contribution in [2.45, 2.75) is 64.0 Å². The molecular weight excluding hydrogens is 238 g/mol. The highest BCUT2D eigenvalue weighted by atomic mass is 16.2. The first-order valence-corrected chi connectivity index (χ1v) is 7.98. The molecule has 1 saturated carbocycles.